The molecule has 1 aromatic rings. The van der Waals surface area contributed by atoms with Gasteiger partial charge in [0, 0.05) is 25.2 Å². The SMILES string of the molecule is CCCC(C)N(C)c1cc(OC(F)F)c(F)cc1N. The smallest absolute Gasteiger partial charge is 0.387 e. The van der Waals surface area contributed by atoms with Crippen molar-refractivity contribution in [2.45, 2.75) is 39.3 Å². The van der Waals surface area contributed by atoms with E-state index in [0.717, 1.165) is 18.9 Å². The summed E-state index contributed by atoms with van der Waals surface area (Å²) in [6.45, 7) is 0.966. The molecule has 0 fully saturated rings. The lowest BCUT2D eigenvalue weighted by Gasteiger charge is -2.28. The molecule has 0 aliphatic carbocycles. The number of hydrogen-bond donors (Lipinski definition) is 1. The first-order valence-electron chi connectivity index (χ1n) is 6.13. The Kier molecular flexibility index (Phi) is 5.32. The lowest BCUT2D eigenvalue weighted by atomic mass is 10.1. The molecule has 0 amide bonds. The quantitative estimate of drug-likeness (QED) is 0.806. The Balaban J connectivity index is 3.06. The van der Waals surface area contributed by atoms with E-state index in [2.05, 4.69) is 4.74 Å². The Hall–Kier alpha value is -1.59. The van der Waals surface area contributed by atoms with Crippen LogP contribution in [0.5, 0.6) is 5.75 Å². The van der Waals surface area contributed by atoms with Crippen LogP contribution < -0.4 is 15.4 Å². The number of nitrogens with zero attached hydrogens (tertiary/aromatic N) is 1. The number of nitrogens with two attached hydrogens (primary N) is 1. The van der Waals surface area contributed by atoms with Crippen molar-refractivity contribution < 1.29 is 17.9 Å². The van der Waals surface area contributed by atoms with Crippen LogP contribution in [0.3, 0.4) is 0 Å². The number of rotatable bonds is 6. The monoisotopic (exact) mass is 276 g/mol. The molecule has 0 spiro atoms. The second-order valence-corrected chi connectivity index (χ2v) is 4.47. The molecule has 0 radical (unpaired) electrons. The summed E-state index contributed by atoms with van der Waals surface area (Å²) < 4.78 is 41.9. The Morgan fingerprint density at radius 3 is 2.53 bits per heavy atom. The van der Waals surface area contributed by atoms with E-state index >= 15 is 0 Å². The lowest BCUT2D eigenvalue weighted by molar-refractivity contribution is -0.0521. The number of ether oxygens (including phenoxy) is 1. The van der Waals surface area contributed by atoms with Crippen molar-refractivity contribution in [2.24, 2.45) is 0 Å². The molecule has 1 unspecified atom stereocenters. The standard InChI is InChI=1S/C13H19F3N2O/c1-4-5-8(2)18(3)11-7-12(19-13(15)16)9(14)6-10(11)17/h6-8,13H,4-5,17H2,1-3H3. The van der Waals surface area contributed by atoms with Gasteiger partial charge in [-0.3, -0.25) is 0 Å². The van der Waals surface area contributed by atoms with Crippen LogP contribution in [0.2, 0.25) is 0 Å². The second kappa shape index (κ2) is 6.54. The molecular weight excluding hydrogens is 257 g/mol. The zero-order valence-corrected chi connectivity index (χ0v) is 11.3. The molecule has 1 rings (SSSR count). The van der Waals surface area contributed by atoms with Gasteiger partial charge in [0.2, 0.25) is 0 Å². The molecule has 108 valence electrons. The van der Waals surface area contributed by atoms with Crippen molar-refractivity contribution in [1.29, 1.82) is 0 Å². The minimum atomic E-state index is -3.07. The predicted octanol–water partition coefficient (Wildman–Crippen LogP) is 3.63. The summed E-state index contributed by atoms with van der Waals surface area (Å²) in [6.07, 6.45) is 1.89. The Labute approximate surface area is 111 Å². The van der Waals surface area contributed by atoms with Gasteiger partial charge in [0.25, 0.3) is 0 Å². The Bertz CT molecular complexity index is 427. The average Bonchev–Trinajstić information content (AvgIpc) is 2.31. The maximum Gasteiger partial charge on any atom is 0.387 e. The zero-order chi connectivity index (χ0) is 14.6. The first kappa shape index (κ1) is 15.5. The maximum atomic E-state index is 13.4. The van der Waals surface area contributed by atoms with Crippen LogP contribution in [0.15, 0.2) is 12.1 Å². The predicted molar refractivity (Wildman–Crippen MR) is 70.2 cm³/mol. The van der Waals surface area contributed by atoms with E-state index in [-0.39, 0.29) is 11.7 Å². The highest BCUT2D eigenvalue weighted by molar-refractivity contribution is 5.70. The van der Waals surface area contributed by atoms with Crippen molar-refractivity contribution in [1.82, 2.24) is 0 Å². The fraction of sp³-hybridized carbons (Fsp3) is 0.538. The van der Waals surface area contributed by atoms with E-state index < -0.39 is 18.2 Å². The summed E-state index contributed by atoms with van der Waals surface area (Å²) in [4.78, 5) is 1.83. The summed E-state index contributed by atoms with van der Waals surface area (Å²) in [7, 11) is 1.79. The molecular formula is C13H19F3N2O. The van der Waals surface area contributed by atoms with Crippen LogP contribution in [0.4, 0.5) is 24.5 Å². The van der Waals surface area contributed by atoms with Crippen LogP contribution in [0.1, 0.15) is 26.7 Å². The van der Waals surface area contributed by atoms with Gasteiger partial charge in [-0.15, -0.1) is 0 Å². The van der Waals surface area contributed by atoms with Gasteiger partial charge in [0.15, 0.2) is 11.6 Å². The fourth-order valence-electron chi connectivity index (χ4n) is 1.90. The fourth-order valence-corrected chi connectivity index (χ4v) is 1.90. The lowest BCUT2D eigenvalue weighted by Crippen LogP contribution is -2.29. The van der Waals surface area contributed by atoms with Crippen molar-refractivity contribution in [3.05, 3.63) is 17.9 Å². The first-order chi connectivity index (χ1) is 8.86. The molecule has 0 aliphatic rings. The number of hydrogen-bond acceptors (Lipinski definition) is 3. The molecule has 6 heteroatoms. The third-order valence-electron chi connectivity index (χ3n) is 3.04. The van der Waals surface area contributed by atoms with Crippen molar-refractivity contribution in [3.8, 4) is 5.75 Å². The topological polar surface area (TPSA) is 38.5 Å². The normalized spacial score (nSPS) is 12.6. The van der Waals surface area contributed by atoms with E-state index in [1.807, 2.05) is 18.7 Å². The van der Waals surface area contributed by atoms with E-state index in [4.69, 9.17) is 5.73 Å². The van der Waals surface area contributed by atoms with Crippen molar-refractivity contribution in [2.75, 3.05) is 17.7 Å². The Morgan fingerprint density at radius 2 is 2.00 bits per heavy atom. The third kappa shape index (κ3) is 3.94. The summed E-state index contributed by atoms with van der Waals surface area (Å²) in [6, 6.07) is 2.38. The summed E-state index contributed by atoms with van der Waals surface area (Å²) in [5.74, 6) is -1.38. The Morgan fingerprint density at radius 1 is 1.37 bits per heavy atom. The zero-order valence-electron chi connectivity index (χ0n) is 11.3. The number of benzene rings is 1. The van der Waals surface area contributed by atoms with Crippen LogP contribution in [-0.2, 0) is 0 Å². The molecule has 19 heavy (non-hydrogen) atoms. The highest BCUT2D eigenvalue weighted by Gasteiger charge is 2.17. The average molecular weight is 276 g/mol. The largest absolute Gasteiger partial charge is 0.432 e. The highest BCUT2D eigenvalue weighted by atomic mass is 19.3. The molecule has 0 bridgehead atoms. The number of nitrogen functional groups attached to an aromatic ring is 1. The summed E-state index contributed by atoms with van der Waals surface area (Å²) in [5.41, 5.74) is 6.41. The first-order valence-corrected chi connectivity index (χ1v) is 6.13. The number of anilines is 2. The van der Waals surface area contributed by atoms with E-state index in [1.165, 1.54) is 6.07 Å². The van der Waals surface area contributed by atoms with Gasteiger partial charge in [-0.05, 0) is 13.3 Å². The maximum absolute atomic E-state index is 13.4. The molecule has 0 aromatic heterocycles. The highest BCUT2D eigenvalue weighted by Crippen LogP contribution is 2.32. The molecule has 0 aliphatic heterocycles. The molecule has 1 aromatic carbocycles. The molecule has 2 N–H and O–H groups in total. The van der Waals surface area contributed by atoms with Gasteiger partial charge < -0.3 is 15.4 Å². The van der Waals surface area contributed by atoms with Gasteiger partial charge in [0.05, 0.1) is 11.4 Å². The van der Waals surface area contributed by atoms with E-state index in [9.17, 15) is 13.2 Å². The van der Waals surface area contributed by atoms with Crippen LogP contribution in [0, 0.1) is 5.82 Å². The van der Waals surface area contributed by atoms with Gasteiger partial charge in [0.1, 0.15) is 0 Å². The molecule has 0 heterocycles. The third-order valence-corrected chi connectivity index (χ3v) is 3.04. The van der Waals surface area contributed by atoms with Crippen LogP contribution >= 0.6 is 0 Å². The second-order valence-electron chi connectivity index (χ2n) is 4.47. The summed E-state index contributed by atoms with van der Waals surface area (Å²) in [5, 5.41) is 0. The summed E-state index contributed by atoms with van der Waals surface area (Å²) >= 11 is 0. The van der Waals surface area contributed by atoms with E-state index in [1.54, 1.807) is 7.05 Å². The van der Waals surface area contributed by atoms with Gasteiger partial charge >= 0.3 is 6.61 Å². The molecule has 0 saturated heterocycles. The number of halogens is 3. The van der Waals surface area contributed by atoms with Gasteiger partial charge in [-0.1, -0.05) is 13.3 Å². The minimum Gasteiger partial charge on any atom is -0.432 e. The molecule has 0 saturated carbocycles. The molecule has 3 nitrogen and oxygen atoms in total. The van der Waals surface area contributed by atoms with Gasteiger partial charge in [-0.25, -0.2) is 4.39 Å². The van der Waals surface area contributed by atoms with Crippen molar-refractivity contribution in [3.63, 3.8) is 0 Å². The van der Waals surface area contributed by atoms with E-state index in [0.29, 0.717) is 5.69 Å². The van der Waals surface area contributed by atoms with Crippen molar-refractivity contribution >= 4 is 11.4 Å². The minimum absolute atomic E-state index is 0.164. The van der Waals surface area contributed by atoms with Crippen LogP contribution in [0.25, 0.3) is 0 Å². The molecule has 1 atom stereocenters. The van der Waals surface area contributed by atoms with Crippen LogP contribution in [-0.4, -0.2) is 19.7 Å². The van der Waals surface area contributed by atoms with Gasteiger partial charge in [-0.2, -0.15) is 8.78 Å². The number of alkyl halides is 2.